The van der Waals surface area contributed by atoms with Crippen LogP contribution in [0.2, 0.25) is 0 Å². The van der Waals surface area contributed by atoms with E-state index in [1.165, 1.54) is 6.92 Å². The number of phenolic OH excluding ortho intramolecular Hbond substituents is 1. The van der Waals surface area contributed by atoms with Gasteiger partial charge in [0, 0.05) is 6.42 Å². The van der Waals surface area contributed by atoms with Gasteiger partial charge in [-0.05, 0) is 40.9 Å². The Morgan fingerprint density at radius 2 is 1.50 bits per heavy atom. The third-order valence-electron chi connectivity index (χ3n) is 4.25. The van der Waals surface area contributed by atoms with Gasteiger partial charge in [0.1, 0.15) is 5.75 Å². The lowest BCUT2D eigenvalue weighted by Crippen LogP contribution is -2.37. The molecule has 0 bridgehead atoms. The number of phenols is 1. The third-order valence-corrected chi connectivity index (χ3v) is 4.25. The zero-order valence-corrected chi connectivity index (χ0v) is 17.7. The van der Waals surface area contributed by atoms with Gasteiger partial charge in [0.15, 0.2) is 6.23 Å². The number of esters is 1. The highest BCUT2D eigenvalue weighted by atomic mass is 16.6. The molecule has 0 spiro atoms. The number of ether oxygens (including phenoxy) is 1. The van der Waals surface area contributed by atoms with Crippen LogP contribution in [0.5, 0.6) is 5.75 Å². The predicted octanol–water partition coefficient (Wildman–Crippen LogP) is 3.01. The molecule has 156 valence electrons. The van der Waals surface area contributed by atoms with Crippen molar-refractivity contribution in [3.63, 3.8) is 0 Å². The molecule has 0 fully saturated rings. The molecule has 0 aliphatic rings. The molecule has 7 nitrogen and oxygen atoms in total. The second-order valence-corrected chi connectivity index (χ2v) is 8.96. The second kappa shape index (κ2) is 8.63. The van der Waals surface area contributed by atoms with Gasteiger partial charge in [0.25, 0.3) is 0 Å². The third kappa shape index (κ3) is 6.55. The zero-order valence-electron chi connectivity index (χ0n) is 17.7. The van der Waals surface area contributed by atoms with Crippen molar-refractivity contribution in [3.8, 4) is 5.75 Å². The Hall–Kier alpha value is -2.57. The van der Waals surface area contributed by atoms with Gasteiger partial charge in [-0.3, -0.25) is 4.79 Å². The average molecular weight is 393 g/mol. The molecule has 1 atom stereocenters. The highest BCUT2D eigenvalue weighted by molar-refractivity contribution is 6.28. The van der Waals surface area contributed by atoms with Gasteiger partial charge in [-0.2, -0.15) is 0 Å². The molecule has 7 heteroatoms. The largest absolute Gasteiger partial charge is 0.507 e. The summed E-state index contributed by atoms with van der Waals surface area (Å²) in [6, 6.07) is 3.82. The minimum absolute atomic E-state index is 0.132. The van der Waals surface area contributed by atoms with Gasteiger partial charge in [-0.25, -0.2) is 9.59 Å². The number of carbonyl (C=O) groups is 3. The Bertz CT molecular complexity index is 720. The predicted molar refractivity (Wildman–Crippen MR) is 105 cm³/mol. The fourth-order valence-electron chi connectivity index (χ4n) is 2.78. The minimum Gasteiger partial charge on any atom is -0.507 e. The molecule has 0 aliphatic carbocycles. The number of hydrogen-bond donors (Lipinski definition) is 3. The Kier molecular flexibility index (Phi) is 7.23. The van der Waals surface area contributed by atoms with Crippen LogP contribution in [0.25, 0.3) is 0 Å². The maximum atomic E-state index is 12.1. The summed E-state index contributed by atoms with van der Waals surface area (Å²) in [5.41, 5.74) is 2.03. The van der Waals surface area contributed by atoms with Gasteiger partial charge in [-0.1, -0.05) is 53.7 Å². The molecule has 28 heavy (non-hydrogen) atoms. The molecular formula is C21H31NO6. The first-order valence-corrected chi connectivity index (χ1v) is 9.23. The summed E-state index contributed by atoms with van der Waals surface area (Å²) in [6.07, 6.45) is -0.476. The van der Waals surface area contributed by atoms with Gasteiger partial charge in [0.05, 0.1) is 0 Å². The molecule has 3 N–H and O–H groups in total. The van der Waals surface area contributed by atoms with Crippen molar-refractivity contribution in [2.75, 3.05) is 0 Å². The summed E-state index contributed by atoms with van der Waals surface area (Å²) in [7, 11) is 0. The number of hydrogen-bond acceptors (Lipinski definition) is 5. The highest BCUT2D eigenvalue weighted by Gasteiger charge is 2.26. The number of benzene rings is 1. The van der Waals surface area contributed by atoms with Crippen molar-refractivity contribution in [1.82, 2.24) is 5.32 Å². The lowest BCUT2D eigenvalue weighted by Gasteiger charge is -2.28. The van der Waals surface area contributed by atoms with E-state index in [4.69, 9.17) is 5.11 Å². The molecule has 1 aromatic rings. The second-order valence-electron chi connectivity index (χ2n) is 8.96. The van der Waals surface area contributed by atoms with Crippen molar-refractivity contribution in [1.29, 1.82) is 0 Å². The first-order valence-electron chi connectivity index (χ1n) is 9.23. The van der Waals surface area contributed by atoms with E-state index in [-0.39, 0.29) is 28.9 Å². The summed E-state index contributed by atoms with van der Waals surface area (Å²) in [6.45, 7) is 13.5. The van der Waals surface area contributed by atoms with Gasteiger partial charge >= 0.3 is 11.9 Å². The first kappa shape index (κ1) is 23.5. The van der Waals surface area contributed by atoms with Crippen molar-refractivity contribution in [2.24, 2.45) is 0 Å². The van der Waals surface area contributed by atoms with E-state index in [1.807, 2.05) is 53.7 Å². The van der Waals surface area contributed by atoms with E-state index in [1.54, 1.807) is 0 Å². The lowest BCUT2D eigenvalue weighted by molar-refractivity contribution is -0.168. The number of carboxylic acid groups (broad SMARTS) is 1. The van der Waals surface area contributed by atoms with Crippen LogP contribution in [0.4, 0.5) is 0 Å². The number of amides is 1. The van der Waals surface area contributed by atoms with Crippen LogP contribution >= 0.6 is 0 Å². The van der Waals surface area contributed by atoms with Crippen LogP contribution in [0.15, 0.2) is 12.1 Å². The Morgan fingerprint density at radius 1 is 1.04 bits per heavy atom. The van der Waals surface area contributed by atoms with Gasteiger partial charge in [-0.15, -0.1) is 0 Å². The maximum Gasteiger partial charge on any atom is 0.419 e. The quantitative estimate of drug-likeness (QED) is 0.403. The van der Waals surface area contributed by atoms with Crippen LogP contribution < -0.4 is 5.32 Å². The van der Waals surface area contributed by atoms with Crippen LogP contribution in [0.3, 0.4) is 0 Å². The van der Waals surface area contributed by atoms with Crippen LogP contribution in [-0.2, 0) is 36.4 Å². The van der Waals surface area contributed by atoms with Crippen LogP contribution in [0.1, 0.15) is 71.6 Å². The summed E-state index contributed by atoms with van der Waals surface area (Å²) >= 11 is 0. The van der Waals surface area contributed by atoms with Crippen molar-refractivity contribution < 1.29 is 29.3 Å². The van der Waals surface area contributed by atoms with Crippen LogP contribution in [-0.4, -0.2) is 34.3 Å². The van der Waals surface area contributed by atoms with Crippen molar-refractivity contribution in [2.45, 2.75) is 78.4 Å². The van der Waals surface area contributed by atoms with Crippen LogP contribution in [0, 0.1) is 0 Å². The number of aliphatic carboxylic acids is 1. The molecule has 0 radical (unpaired) electrons. The summed E-state index contributed by atoms with van der Waals surface area (Å²) in [4.78, 5) is 33.6. The monoisotopic (exact) mass is 393 g/mol. The number of carbonyl (C=O) groups excluding carboxylic acids is 2. The topological polar surface area (TPSA) is 113 Å². The van der Waals surface area contributed by atoms with E-state index in [0.717, 1.165) is 16.7 Å². The molecular weight excluding hydrogens is 362 g/mol. The fraction of sp³-hybridized carbons (Fsp3) is 0.571. The SMILES string of the molecule is CC(NC(=O)CCc1cc(C(C)(C)C)c(O)c(C(C)(C)C)c1)OC(=O)C(=O)O. The molecule has 0 aromatic heterocycles. The molecule has 0 aliphatic heterocycles. The first-order chi connectivity index (χ1) is 12.6. The normalized spacial score (nSPS) is 13.0. The van der Waals surface area contributed by atoms with E-state index < -0.39 is 18.2 Å². The molecule has 1 unspecified atom stereocenters. The Balaban J connectivity index is 2.93. The number of carboxylic acids is 1. The smallest absolute Gasteiger partial charge is 0.419 e. The highest BCUT2D eigenvalue weighted by Crippen LogP contribution is 2.39. The zero-order chi connectivity index (χ0) is 21.9. The van der Waals surface area contributed by atoms with E-state index >= 15 is 0 Å². The van der Waals surface area contributed by atoms with Gasteiger partial charge in [0.2, 0.25) is 5.91 Å². The molecule has 1 amide bonds. The van der Waals surface area contributed by atoms with Crippen molar-refractivity contribution >= 4 is 17.8 Å². The molecule has 0 heterocycles. The number of aromatic hydroxyl groups is 1. The Labute approximate surface area is 166 Å². The Morgan fingerprint density at radius 3 is 1.89 bits per heavy atom. The lowest BCUT2D eigenvalue weighted by atomic mass is 9.78. The summed E-state index contributed by atoms with van der Waals surface area (Å²) < 4.78 is 4.57. The molecule has 0 saturated heterocycles. The van der Waals surface area contributed by atoms with E-state index in [9.17, 15) is 19.5 Å². The number of nitrogens with one attached hydrogen (secondary N) is 1. The number of aryl methyl sites for hydroxylation is 1. The maximum absolute atomic E-state index is 12.1. The molecule has 1 rings (SSSR count). The van der Waals surface area contributed by atoms with Gasteiger partial charge < -0.3 is 20.3 Å². The summed E-state index contributed by atoms with van der Waals surface area (Å²) in [5.74, 6) is -3.22. The standard InChI is InChI=1S/C21H31NO6/c1-12(28-19(27)18(25)26)22-16(23)9-8-13-10-14(20(2,3)4)17(24)15(11-13)21(5,6)7/h10-12,24H,8-9H2,1-7H3,(H,22,23)(H,25,26). The summed E-state index contributed by atoms with van der Waals surface area (Å²) in [5, 5.41) is 21.7. The van der Waals surface area contributed by atoms with Crippen molar-refractivity contribution in [3.05, 3.63) is 28.8 Å². The minimum atomic E-state index is -1.71. The van der Waals surface area contributed by atoms with E-state index in [0.29, 0.717) is 6.42 Å². The fourth-order valence-corrected chi connectivity index (χ4v) is 2.78. The molecule has 0 saturated carbocycles. The molecule has 1 aromatic carbocycles. The van der Waals surface area contributed by atoms with E-state index in [2.05, 4.69) is 10.1 Å². The number of rotatable bonds is 5. The average Bonchev–Trinajstić information content (AvgIpc) is 2.51.